The van der Waals surface area contributed by atoms with Crippen molar-refractivity contribution in [2.24, 2.45) is 0 Å². The molecule has 3 aromatic carbocycles. The lowest BCUT2D eigenvalue weighted by Crippen LogP contribution is -2.29. The zero-order valence-electron chi connectivity index (χ0n) is 18.4. The van der Waals surface area contributed by atoms with Crippen LogP contribution in [-0.2, 0) is 9.59 Å². The third kappa shape index (κ3) is 4.15. The number of anilines is 1. The van der Waals surface area contributed by atoms with Crippen LogP contribution in [0.3, 0.4) is 0 Å². The summed E-state index contributed by atoms with van der Waals surface area (Å²) in [6.07, 6.45) is 0. The van der Waals surface area contributed by atoms with E-state index in [0.717, 1.165) is 11.3 Å². The summed E-state index contributed by atoms with van der Waals surface area (Å²) in [7, 11) is 0. The molecule has 0 spiro atoms. The van der Waals surface area contributed by atoms with Crippen LogP contribution in [0.5, 0.6) is 5.75 Å². The number of hydrogen-bond acceptors (Lipinski definition) is 6. The van der Waals surface area contributed by atoms with Crippen molar-refractivity contribution in [3.05, 3.63) is 94.3 Å². The Morgan fingerprint density at radius 3 is 2.66 bits per heavy atom. The number of rotatable bonds is 5. The Morgan fingerprint density at radius 1 is 1.14 bits per heavy atom. The molecule has 5 rings (SSSR count). The lowest BCUT2D eigenvalue weighted by molar-refractivity contribution is -0.132. The number of carbonyl (C=O) groups is 2. The standard InChI is InChI=1S/C26H18ClFN2O4S/c1-2-34-18-5-3-4-15(12-18)23(31)21-22(14-6-8-16(27)9-7-14)30(25(33)24(21)32)26-29-19-11-10-17(28)13-20(19)35-26/h3-13,22,31H,2H2,1H3/b23-21+. The van der Waals surface area contributed by atoms with Gasteiger partial charge in [-0.1, -0.05) is 47.2 Å². The molecule has 9 heteroatoms. The van der Waals surface area contributed by atoms with Gasteiger partial charge in [-0.2, -0.15) is 0 Å². The van der Waals surface area contributed by atoms with Gasteiger partial charge in [0.25, 0.3) is 5.78 Å². The van der Waals surface area contributed by atoms with Crippen LogP contribution in [-0.4, -0.2) is 28.4 Å². The largest absolute Gasteiger partial charge is 0.507 e. The second-order valence-corrected chi connectivity index (χ2v) is 9.24. The number of aliphatic hydroxyl groups is 1. The van der Waals surface area contributed by atoms with Gasteiger partial charge in [-0.05, 0) is 55.0 Å². The molecule has 176 valence electrons. The van der Waals surface area contributed by atoms with E-state index >= 15 is 0 Å². The predicted octanol–water partition coefficient (Wildman–Crippen LogP) is 6.11. The number of carbonyl (C=O) groups excluding carboxylic acids is 2. The zero-order chi connectivity index (χ0) is 24.7. The van der Waals surface area contributed by atoms with E-state index in [4.69, 9.17) is 16.3 Å². The molecule has 4 aromatic rings. The van der Waals surface area contributed by atoms with Crippen LogP contribution in [0.25, 0.3) is 16.0 Å². The maximum atomic E-state index is 13.8. The molecule has 0 bridgehead atoms. The minimum atomic E-state index is -0.964. The first-order valence-corrected chi connectivity index (χ1v) is 11.9. The monoisotopic (exact) mass is 508 g/mol. The number of aromatic nitrogens is 1. The molecule has 0 saturated carbocycles. The summed E-state index contributed by atoms with van der Waals surface area (Å²) in [5.74, 6) is -1.94. The van der Waals surface area contributed by atoms with Crippen molar-refractivity contribution in [3.8, 4) is 5.75 Å². The van der Waals surface area contributed by atoms with Crippen molar-refractivity contribution in [3.63, 3.8) is 0 Å². The summed E-state index contributed by atoms with van der Waals surface area (Å²) in [6.45, 7) is 2.26. The molecule has 35 heavy (non-hydrogen) atoms. The van der Waals surface area contributed by atoms with Crippen LogP contribution in [0.1, 0.15) is 24.1 Å². The molecule has 1 atom stereocenters. The molecule has 1 fully saturated rings. The van der Waals surface area contributed by atoms with Gasteiger partial charge in [0.15, 0.2) is 5.13 Å². The second kappa shape index (κ2) is 9.13. The number of ether oxygens (including phenoxy) is 1. The third-order valence-electron chi connectivity index (χ3n) is 5.59. The van der Waals surface area contributed by atoms with Gasteiger partial charge in [0.2, 0.25) is 0 Å². The van der Waals surface area contributed by atoms with Crippen molar-refractivity contribution in [2.45, 2.75) is 13.0 Å². The molecule has 1 amide bonds. The van der Waals surface area contributed by atoms with E-state index in [-0.39, 0.29) is 16.5 Å². The van der Waals surface area contributed by atoms with Gasteiger partial charge in [-0.25, -0.2) is 9.37 Å². The van der Waals surface area contributed by atoms with Crippen LogP contribution in [0.4, 0.5) is 9.52 Å². The van der Waals surface area contributed by atoms with Crippen molar-refractivity contribution in [1.29, 1.82) is 0 Å². The molecule has 1 N–H and O–H groups in total. The second-order valence-electron chi connectivity index (χ2n) is 7.79. The molecule has 1 aliphatic rings. The summed E-state index contributed by atoms with van der Waals surface area (Å²) in [6, 6.07) is 16.4. The van der Waals surface area contributed by atoms with Crippen LogP contribution >= 0.6 is 22.9 Å². The fourth-order valence-corrected chi connectivity index (χ4v) is 5.18. The summed E-state index contributed by atoms with van der Waals surface area (Å²) in [4.78, 5) is 32.3. The summed E-state index contributed by atoms with van der Waals surface area (Å²) in [5, 5.41) is 12.0. The van der Waals surface area contributed by atoms with Crippen molar-refractivity contribution in [2.75, 3.05) is 11.5 Å². The predicted molar refractivity (Wildman–Crippen MR) is 133 cm³/mol. The third-order valence-corrected chi connectivity index (χ3v) is 6.86. The Bertz CT molecular complexity index is 1500. The van der Waals surface area contributed by atoms with E-state index in [1.54, 1.807) is 48.5 Å². The number of benzene rings is 3. The highest BCUT2D eigenvalue weighted by Gasteiger charge is 2.48. The maximum absolute atomic E-state index is 13.8. The van der Waals surface area contributed by atoms with Crippen molar-refractivity contribution < 1.29 is 23.8 Å². The molecule has 1 aromatic heterocycles. The molecule has 2 heterocycles. The van der Waals surface area contributed by atoms with E-state index in [9.17, 15) is 19.1 Å². The van der Waals surface area contributed by atoms with Crippen LogP contribution in [0, 0.1) is 5.82 Å². The minimum Gasteiger partial charge on any atom is -0.507 e. The highest BCUT2D eigenvalue weighted by Crippen LogP contribution is 2.44. The van der Waals surface area contributed by atoms with Crippen LogP contribution < -0.4 is 9.64 Å². The van der Waals surface area contributed by atoms with Gasteiger partial charge in [-0.15, -0.1) is 0 Å². The molecule has 0 aliphatic carbocycles. The maximum Gasteiger partial charge on any atom is 0.301 e. The highest BCUT2D eigenvalue weighted by atomic mass is 35.5. The molecular formula is C26H18ClFN2O4S. The summed E-state index contributed by atoms with van der Waals surface area (Å²) in [5.41, 5.74) is 1.30. The summed E-state index contributed by atoms with van der Waals surface area (Å²) < 4.78 is 19.8. The number of aliphatic hydroxyl groups excluding tert-OH is 1. The van der Waals surface area contributed by atoms with E-state index in [1.165, 1.54) is 23.1 Å². The average molecular weight is 509 g/mol. The molecule has 1 aliphatic heterocycles. The Morgan fingerprint density at radius 2 is 1.91 bits per heavy atom. The van der Waals surface area contributed by atoms with E-state index in [0.29, 0.717) is 38.7 Å². The molecule has 1 saturated heterocycles. The minimum absolute atomic E-state index is 0.0867. The topological polar surface area (TPSA) is 79.7 Å². The van der Waals surface area contributed by atoms with Gasteiger partial charge >= 0.3 is 5.91 Å². The number of ketones is 1. The number of Topliss-reactive ketones (excluding diaryl/α,β-unsaturated/α-hetero) is 1. The Hall–Kier alpha value is -3.75. The fourth-order valence-electron chi connectivity index (χ4n) is 4.03. The SMILES string of the molecule is CCOc1cccc(/C(O)=C2\C(=O)C(=O)N(c3nc4ccc(F)cc4s3)C2c2ccc(Cl)cc2)c1. The average Bonchev–Trinajstić information content (AvgIpc) is 3.37. The highest BCUT2D eigenvalue weighted by molar-refractivity contribution is 7.22. The molecule has 1 unspecified atom stereocenters. The Kier molecular flexibility index (Phi) is 6.00. The Balaban J connectivity index is 1.71. The van der Waals surface area contributed by atoms with Gasteiger partial charge in [0.1, 0.15) is 17.3 Å². The van der Waals surface area contributed by atoms with Gasteiger partial charge in [0, 0.05) is 10.6 Å². The van der Waals surface area contributed by atoms with Crippen LogP contribution in [0.15, 0.2) is 72.3 Å². The van der Waals surface area contributed by atoms with Gasteiger partial charge in [-0.3, -0.25) is 14.5 Å². The molecular weight excluding hydrogens is 491 g/mol. The number of amides is 1. The summed E-state index contributed by atoms with van der Waals surface area (Å²) >= 11 is 7.16. The van der Waals surface area contributed by atoms with Crippen molar-refractivity contribution >= 4 is 55.7 Å². The zero-order valence-corrected chi connectivity index (χ0v) is 19.9. The number of nitrogens with zero attached hydrogens (tertiary/aromatic N) is 2. The first-order valence-electron chi connectivity index (χ1n) is 10.7. The molecule has 6 nitrogen and oxygen atoms in total. The number of halogens is 2. The number of hydrogen-bond donors (Lipinski definition) is 1. The van der Waals surface area contributed by atoms with Gasteiger partial charge in [0.05, 0.1) is 28.4 Å². The quantitative estimate of drug-likeness (QED) is 0.200. The lowest BCUT2D eigenvalue weighted by Gasteiger charge is -2.23. The molecule has 0 radical (unpaired) electrons. The van der Waals surface area contributed by atoms with Crippen molar-refractivity contribution in [1.82, 2.24) is 4.98 Å². The fraction of sp³-hybridized carbons (Fsp3) is 0.115. The smallest absolute Gasteiger partial charge is 0.301 e. The van der Waals surface area contributed by atoms with Crippen LogP contribution in [0.2, 0.25) is 5.02 Å². The van der Waals surface area contributed by atoms with Gasteiger partial charge < -0.3 is 9.84 Å². The Labute approximate surface area is 208 Å². The van der Waals surface area contributed by atoms with E-state index in [2.05, 4.69) is 4.98 Å². The first-order chi connectivity index (χ1) is 16.9. The normalized spacial score (nSPS) is 17.3. The number of thiazole rings is 1. The first kappa shape index (κ1) is 23.0. The lowest BCUT2D eigenvalue weighted by atomic mass is 9.95. The number of fused-ring (bicyclic) bond motifs is 1. The van der Waals surface area contributed by atoms with E-state index in [1.807, 2.05) is 6.92 Å². The van der Waals surface area contributed by atoms with E-state index < -0.39 is 23.5 Å².